The van der Waals surface area contributed by atoms with Crippen molar-refractivity contribution in [2.24, 2.45) is 0 Å². The van der Waals surface area contributed by atoms with Crippen LogP contribution in [0.1, 0.15) is 39.1 Å². The van der Waals surface area contributed by atoms with Crippen molar-refractivity contribution >= 4 is 17.6 Å². The second kappa shape index (κ2) is 8.23. The van der Waals surface area contributed by atoms with Gasteiger partial charge in [0.15, 0.2) is 0 Å². The first-order valence-electron chi connectivity index (χ1n) is 11.0. The number of rotatable bonds is 4. The molecular formula is C24H26N6O3. The normalized spacial score (nSPS) is 17.0. The molecule has 3 aromatic rings. The van der Waals surface area contributed by atoms with E-state index in [1.165, 1.54) is 0 Å². The summed E-state index contributed by atoms with van der Waals surface area (Å²) in [5.41, 5.74) is 1.54. The molecule has 170 valence electrons. The molecule has 9 nitrogen and oxygen atoms in total. The summed E-state index contributed by atoms with van der Waals surface area (Å²) >= 11 is 0. The quantitative estimate of drug-likeness (QED) is 0.660. The summed E-state index contributed by atoms with van der Waals surface area (Å²) in [5, 5.41) is 7.42. The molecule has 2 aromatic heterocycles. The predicted molar refractivity (Wildman–Crippen MR) is 122 cm³/mol. The molecule has 0 radical (unpaired) electrons. The predicted octanol–water partition coefficient (Wildman–Crippen LogP) is 2.15. The minimum absolute atomic E-state index is 0.0301. The average molecular weight is 447 g/mol. The van der Waals surface area contributed by atoms with Crippen LogP contribution in [-0.4, -0.2) is 64.4 Å². The molecule has 0 atom stereocenters. The van der Waals surface area contributed by atoms with Crippen molar-refractivity contribution in [3.8, 4) is 5.75 Å². The second-order valence-electron chi connectivity index (χ2n) is 8.44. The standard InChI is InChI=1S/C24H26N6O3/c1-28-21-19(5-3-10-25-21)22(31)27-24(28)8-13-29(14-9-24)23(32)17-6-7-20(33-2)18(15-17)16-30-12-4-11-26-30/h3-7,10-12,15H,8-9,13-14,16H2,1-2H3,(H,27,31). The number of nitrogens with zero attached hydrogens (tertiary/aromatic N) is 5. The number of amides is 2. The highest BCUT2D eigenvalue weighted by atomic mass is 16.5. The van der Waals surface area contributed by atoms with Crippen molar-refractivity contribution in [1.29, 1.82) is 0 Å². The van der Waals surface area contributed by atoms with Crippen molar-refractivity contribution in [2.75, 3.05) is 32.1 Å². The topological polar surface area (TPSA) is 92.6 Å². The number of likely N-dealkylation sites (tertiary alicyclic amines) is 1. The molecule has 5 rings (SSSR count). The van der Waals surface area contributed by atoms with Gasteiger partial charge in [0.05, 0.1) is 19.2 Å². The van der Waals surface area contributed by atoms with Crippen LogP contribution in [0.3, 0.4) is 0 Å². The lowest BCUT2D eigenvalue weighted by atomic mass is 9.91. The van der Waals surface area contributed by atoms with Crippen LogP contribution in [0.25, 0.3) is 0 Å². The third-order valence-electron chi connectivity index (χ3n) is 6.63. The van der Waals surface area contributed by atoms with Crippen molar-refractivity contribution < 1.29 is 14.3 Å². The molecule has 33 heavy (non-hydrogen) atoms. The van der Waals surface area contributed by atoms with E-state index in [9.17, 15) is 9.59 Å². The highest BCUT2D eigenvalue weighted by Gasteiger charge is 2.45. The molecule has 4 heterocycles. The van der Waals surface area contributed by atoms with Gasteiger partial charge in [-0.2, -0.15) is 5.10 Å². The molecule has 1 spiro atoms. The summed E-state index contributed by atoms with van der Waals surface area (Å²) in [6, 6.07) is 10.9. The lowest BCUT2D eigenvalue weighted by molar-refractivity contribution is 0.0607. The Balaban J connectivity index is 1.33. The third kappa shape index (κ3) is 3.69. The Morgan fingerprint density at radius 2 is 2.00 bits per heavy atom. The molecule has 1 aromatic carbocycles. The maximum Gasteiger partial charge on any atom is 0.256 e. The van der Waals surface area contributed by atoms with Gasteiger partial charge in [-0.1, -0.05) is 0 Å². The van der Waals surface area contributed by atoms with E-state index < -0.39 is 5.66 Å². The first-order chi connectivity index (χ1) is 16.0. The average Bonchev–Trinajstić information content (AvgIpc) is 3.36. The van der Waals surface area contributed by atoms with E-state index in [2.05, 4.69) is 15.4 Å². The number of fused-ring (bicyclic) bond motifs is 1. The fourth-order valence-corrected chi connectivity index (χ4v) is 4.73. The van der Waals surface area contributed by atoms with Gasteiger partial charge in [0.1, 0.15) is 17.2 Å². The van der Waals surface area contributed by atoms with Gasteiger partial charge in [-0.25, -0.2) is 4.98 Å². The molecule has 2 aliphatic heterocycles. The Bertz CT molecular complexity index is 1180. The molecule has 0 unspecified atom stereocenters. The molecule has 1 saturated heterocycles. The molecule has 9 heteroatoms. The van der Waals surface area contributed by atoms with Gasteiger partial charge in [-0.05, 0) is 36.4 Å². The maximum atomic E-state index is 13.3. The monoisotopic (exact) mass is 446 g/mol. The number of ether oxygens (including phenoxy) is 1. The van der Waals surface area contributed by atoms with Crippen LogP contribution >= 0.6 is 0 Å². The number of piperidine rings is 1. The molecule has 0 bridgehead atoms. The molecule has 2 amide bonds. The highest BCUT2D eigenvalue weighted by Crippen LogP contribution is 2.35. The van der Waals surface area contributed by atoms with E-state index in [4.69, 9.17) is 4.74 Å². The van der Waals surface area contributed by atoms with Gasteiger partial charge in [-0.3, -0.25) is 14.3 Å². The van der Waals surface area contributed by atoms with Crippen molar-refractivity contribution in [3.63, 3.8) is 0 Å². The van der Waals surface area contributed by atoms with Crippen molar-refractivity contribution in [1.82, 2.24) is 25.0 Å². The van der Waals surface area contributed by atoms with E-state index in [0.29, 0.717) is 49.4 Å². The van der Waals surface area contributed by atoms with Gasteiger partial charge in [0.25, 0.3) is 11.8 Å². The summed E-state index contributed by atoms with van der Waals surface area (Å²) in [4.78, 5) is 34.3. The Morgan fingerprint density at radius 3 is 2.73 bits per heavy atom. The first-order valence-corrected chi connectivity index (χ1v) is 11.0. The zero-order valence-corrected chi connectivity index (χ0v) is 18.7. The largest absolute Gasteiger partial charge is 0.496 e. The minimum Gasteiger partial charge on any atom is -0.496 e. The fraction of sp³-hybridized carbons (Fsp3) is 0.333. The molecule has 1 N–H and O–H groups in total. The van der Waals surface area contributed by atoms with Crippen LogP contribution < -0.4 is 15.0 Å². The van der Waals surface area contributed by atoms with E-state index in [-0.39, 0.29) is 11.8 Å². The van der Waals surface area contributed by atoms with E-state index in [1.54, 1.807) is 42.4 Å². The first kappa shape index (κ1) is 21.0. The number of anilines is 1. The fourth-order valence-electron chi connectivity index (χ4n) is 4.73. The van der Waals surface area contributed by atoms with E-state index in [0.717, 1.165) is 11.3 Å². The number of aromatic nitrogens is 3. The summed E-state index contributed by atoms with van der Waals surface area (Å²) in [7, 11) is 3.57. The van der Waals surface area contributed by atoms with Gasteiger partial charge in [-0.15, -0.1) is 0 Å². The molecular weight excluding hydrogens is 420 g/mol. The number of carbonyl (C=O) groups is 2. The van der Waals surface area contributed by atoms with Gasteiger partial charge >= 0.3 is 0 Å². The van der Waals surface area contributed by atoms with Crippen molar-refractivity contribution in [2.45, 2.75) is 25.0 Å². The Labute approximate surface area is 192 Å². The second-order valence-corrected chi connectivity index (χ2v) is 8.44. The van der Waals surface area contributed by atoms with Gasteiger partial charge in [0.2, 0.25) is 0 Å². The summed E-state index contributed by atoms with van der Waals surface area (Å²) in [6.07, 6.45) is 6.53. The molecule has 0 aliphatic carbocycles. The lowest BCUT2D eigenvalue weighted by Crippen LogP contribution is -2.67. The van der Waals surface area contributed by atoms with Gasteiger partial charge < -0.3 is 19.9 Å². The van der Waals surface area contributed by atoms with E-state index in [1.807, 2.05) is 41.2 Å². The zero-order valence-electron chi connectivity index (χ0n) is 18.7. The number of methoxy groups -OCH3 is 1. The van der Waals surface area contributed by atoms with Crippen molar-refractivity contribution in [3.05, 3.63) is 71.7 Å². The number of pyridine rings is 1. The summed E-state index contributed by atoms with van der Waals surface area (Å²) in [6.45, 7) is 1.59. The Hall–Kier alpha value is -3.88. The molecule has 1 fully saturated rings. The number of nitrogens with one attached hydrogen (secondary N) is 1. The Kier molecular flexibility index (Phi) is 5.24. The summed E-state index contributed by atoms with van der Waals surface area (Å²) in [5.74, 6) is 1.25. The van der Waals surface area contributed by atoms with Crippen LogP contribution in [0.4, 0.5) is 5.82 Å². The number of benzene rings is 1. The maximum absolute atomic E-state index is 13.3. The SMILES string of the molecule is COc1ccc(C(=O)N2CCC3(CC2)NC(=O)c2cccnc2N3C)cc1Cn1cccn1. The van der Waals surface area contributed by atoms with Crippen LogP contribution in [0, 0.1) is 0 Å². The lowest BCUT2D eigenvalue weighted by Gasteiger charge is -2.50. The summed E-state index contributed by atoms with van der Waals surface area (Å²) < 4.78 is 7.28. The number of hydrogen-bond donors (Lipinski definition) is 1. The van der Waals surface area contributed by atoms with Crippen LogP contribution in [0.15, 0.2) is 55.0 Å². The van der Waals surface area contributed by atoms with Crippen LogP contribution in [0.2, 0.25) is 0 Å². The third-order valence-corrected chi connectivity index (χ3v) is 6.63. The number of carbonyl (C=O) groups excluding carboxylic acids is 2. The molecule has 2 aliphatic rings. The number of hydrogen-bond acceptors (Lipinski definition) is 6. The minimum atomic E-state index is -0.541. The Morgan fingerprint density at radius 1 is 1.18 bits per heavy atom. The molecule has 0 saturated carbocycles. The van der Waals surface area contributed by atoms with Crippen LogP contribution in [-0.2, 0) is 6.54 Å². The van der Waals surface area contributed by atoms with Crippen LogP contribution in [0.5, 0.6) is 5.75 Å². The van der Waals surface area contributed by atoms with Gasteiger partial charge in [0, 0.05) is 62.7 Å². The van der Waals surface area contributed by atoms with E-state index >= 15 is 0 Å². The zero-order chi connectivity index (χ0) is 23.0. The smallest absolute Gasteiger partial charge is 0.256 e. The highest BCUT2D eigenvalue weighted by molar-refractivity contribution is 6.01.